The summed E-state index contributed by atoms with van der Waals surface area (Å²) in [6.45, 7) is 12.6. The van der Waals surface area contributed by atoms with E-state index in [9.17, 15) is 23.7 Å². The van der Waals surface area contributed by atoms with Crippen LogP contribution in [0.5, 0.6) is 0 Å². The molecule has 222 valence electrons. The first-order valence-electron chi connectivity index (χ1n) is 15.3. The average molecular weight is 571 g/mol. The van der Waals surface area contributed by atoms with Crippen LogP contribution in [0.25, 0.3) is 0 Å². The standard InChI is InChI=1S/C34H50O5S/c1-6-34(37,7-2)27-12-14-29(15-13-27)40(38,39)20-18-23(3)30-16-17-31-25(9-8-19-33(30,31)5)10-11-26-21-28(35)22-32(36)24(26)4/h10-15,23,28,30-32,35-37H,4,6-9,16-22H2,1-3,5H3/b25-10+,26-11-/t23-,28-,30-,31+,32+,33-/m1/s1. The number of fused-ring (bicyclic) bond motifs is 1. The van der Waals surface area contributed by atoms with E-state index in [0.717, 1.165) is 48.8 Å². The van der Waals surface area contributed by atoms with Crippen LogP contribution in [0.15, 0.2) is 64.6 Å². The Kier molecular flexibility index (Phi) is 9.56. The lowest BCUT2D eigenvalue weighted by atomic mass is 9.61. The fourth-order valence-corrected chi connectivity index (χ4v) is 9.44. The van der Waals surface area contributed by atoms with Crippen LogP contribution >= 0.6 is 0 Å². The Morgan fingerprint density at radius 1 is 1.12 bits per heavy atom. The maximum absolute atomic E-state index is 13.3. The zero-order chi connectivity index (χ0) is 29.3. The summed E-state index contributed by atoms with van der Waals surface area (Å²) < 4.78 is 26.5. The van der Waals surface area contributed by atoms with Gasteiger partial charge in [-0.15, -0.1) is 0 Å². The third-order valence-electron chi connectivity index (χ3n) is 10.8. The van der Waals surface area contributed by atoms with E-state index in [0.29, 0.717) is 54.8 Å². The Morgan fingerprint density at radius 2 is 1.80 bits per heavy atom. The van der Waals surface area contributed by atoms with Gasteiger partial charge in [-0.05, 0) is 110 Å². The number of rotatable bonds is 9. The molecule has 0 spiro atoms. The normalized spacial score (nSPS) is 32.4. The van der Waals surface area contributed by atoms with Crippen LogP contribution in [0, 0.1) is 23.2 Å². The molecule has 1 aromatic carbocycles. The molecule has 5 nitrogen and oxygen atoms in total. The Labute approximate surface area is 242 Å². The van der Waals surface area contributed by atoms with Gasteiger partial charge >= 0.3 is 0 Å². The lowest BCUT2D eigenvalue weighted by Gasteiger charge is -2.44. The zero-order valence-electron chi connectivity index (χ0n) is 24.9. The molecule has 1 aromatic rings. The smallest absolute Gasteiger partial charge is 0.178 e. The number of hydrogen-bond donors (Lipinski definition) is 3. The highest BCUT2D eigenvalue weighted by atomic mass is 32.2. The van der Waals surface area contributed by atoms with E-state index in [1.165, 1.54) is 5.57 Å². The summed E-state index contributed by atoms with van der Waals surface area (Å²) >= 11 is 0. The molecule has 40 heavy (non-hydrogen) atoms. The number of allylic oxidation sites excluding steroid dienone is 3. The van der Waals surface area contributed by atoms with Gasteiger partial charge in [-0.2, -0.15) is 0 Å². The SMILES string of the molecule is C=C1/C(=C\C=C2/CCC[C@]3(C)[C@@H]([C@H](C)CCS(=O)(=O)c4ccc(C(O)(CC)CC)cc4)CC[C@@H]23)C[C@@H](O)C[C@@H]1O. The topological polar surface area (TPSA) is 94.8 Å². The monoisotopic (exact) mass is 570 g/mol. The summed E-state index contributed by atoms with van der Waals surface area (Å²) in [5, 5.41) is 31.1. The van der Waals surface area contributed by atoms with Gasteiger partial charge in [-0.3, -0.25) is 0 Å². The Morgan fingerprint density at radius 3 is 2.45 bits per heavy atom. The van der Waals surface area contributed by atoms with Crippen molar-refractivity contribution >= 4 is 9.84 Å². The Balaban J connectivity index is 1.43. The van der Waals surface area contributed by atoms with Crippen LogP contribution in [-0.4, -0.2) is 41.7 Å². The highest BCUT2D eigenvalue weighted by Gasteiger charge is 2.50. The third kappa shape index (κ3) is 6.21. The van der Waals surface area contributed by atoms with Crippen molar-refractivity contribution in [1.82, 2.24) is 0 Å². The van der Waals surface area contributed by atoms with E-state index >= 15 is 0 Å². The molecule has 4 rings (SSSR count). The summed E-state index contributed by atoms with van der Waals surface area (Å²) in [4.78, 5) is 0.337. The maximum atomic E-state index is 13.3. The molecular weight excluding hydrogens is 520 g/mol. The van der Waals surface area contributed by atoms with Crippen LogP contribution < -0.4 is 0 Å². The molecule has 3 N–H and O–H groups in total. The molecule has 0 aromatic heterocycles. The molecule has 3 aliphatic carbocycles. The van der Waals surface area contributed by atoms with Crippen molar-refractivity contribution in [2.24, 2.45) is 23.2 Å². The van der Waals surface area contributed by atoms with Gasteiger partial charge in [0.05, 0.1) is 28.5 Å². The summed E-state index contributed by atoms with van der Waals surface area (Å²) in [6.07, 6.45) is 11.4. The van der Waals surface area contributed by atoms with Gasteiger partial charge in [0.1, 0.15) is 0 Å². The van der Waals surface area contributed by atoms with Crippen molar-refractivity contribution in [1.29, 1.82) is 0 Å². The molecule has 0 radical (unpaired) electrons. The first-order chi connectivity index (χ1) is 18.8. The summed E-state index contributed by atoms with van der Waals surface area (Å²) in [7, 11) is -3.41. The zero-order valence-corrected chi connectivity index (χ0v) is 25.7. The van der Waals surface area contributed by atoms with E-state index in [1.54, 1.807) is 24.3 Å². The predicted octanol–water partition coefficient (Wildman–Crippen LogP) is 6.64. The van der Waals surface area contributed by atoms with Crippen molar-refractivity contribution in [3.8, 4) is 0 Å². The minimum atomic E-state index is -3.41. The van der Waals surface area contributed by atoms with Crippen LogP contribution in [0.4, 0.5) is 0 Å². The first-order valence-corrected chi connectivity index (χ1v) is 17.0. The molecule has 6 atom stereocenters. The van der Waals surface area contributed by atoms with Crippen molar-refractivity contribution in [2.45, 2.75) is 115 Å². The van der Waals surface area contributed by atoms with E-state index in [2.05, 4.69) is 32.6 Å². The van der Waals surface area contributed by atoms with Crippen molar-refractivity contribution in [3.05, 3.63) is 65.3 Å². The molecule has 0 saturated heterocycles. The average Bonchev–Trinajstić information content (AvgIpc) is 3.30. The number of aliphatic hydroxyl groups is 3. The van der Waals surface area contributed by atoms with Gasteiger partial charge in [-0.1, -0.05) is 64.1 Å². The van der Waals surface area contributed by atoms with Crippen LogP contribution in [0.3, 0.4) is 0 Å². The van der Waals surface area contributed by atoms with Crippen molar-refractivity contribution in [3.63, 3.8) is 0 Å². The van der Waals surface area contributed by atoms with Gasteiger partial charge in [0.15, 0.2) is 9.84 Å². The minimum Gasteiger partial charge on any atom is -0.393 e. The number of hydrogen-bond acceptors (Lipinski definition) is 5. The molecule has 6 heteroatoms. The summed E-state index contributed by atoms with van der Waals surface area (Å²) in [5.74, 6) is 1.40. The van der Waals surface area contributed by atoms with Gasteiger partial charge < -0.3 is 15.3 Å². The highest BCUT2D eigenvalue weighted by Crippen LogP contribution is 2.59. The third-order valence-corrected chi connectivity index (χ3v) is 12.5. The molecular formula is C34H50O5S. The van der Waals surface area contributed by atoms with E-state index < -0.39 is 27.6 Å². The van der Waals surface area contributed by atoms with Gasteiger partial charge in [0.25, 0.3) is 0 Å². The summed E-state index contributed by atoms with van der Waals surface area (Å²) in [5.41, 5.74) is 3.13. The van der Waals surface area contributed by atoms with E-state index in [1.807, 2.05) is 13.8 Å². The molecule has 0 unspecified atom stereocenters. The summed E-state index contributed by atoms with van der Waals surface area (Å²) in [6, 6.07) is 6.84. The van der Waals surface area contributed by atoms with Crippen molar-refractivity contribution < 1.29 is 23.7 Å². The van der Waals surface area contributed by atoms with Gasteiger partial charge in [0, 0.05) is 6.42 Å². The second-order valence-electron chi connectivity index (χ2n) is 13.0. The van der Waals surface area contributed by atoms with E-state index in [-0.39, 0.29) is 11.2 Å². The van der Waals surface area contributed by atoms with Crippen LogP contribution in [-0.2, 0) is 15.4 Å². The second kappa shape index (κ2) is 12.2. The molecule has 3 saturated carbocycles. The number of sulfone groups is 1. The quantitative estimate of drug-likeness (QED) is 0.310. The lowest BCUT2D eigenvalue weighted by molar-refractivity contribution is 0.0283. The Bertz CT molecular complexity index is 1220. The molecule has 0 bridgehead atoms. The highest BCUT2D eigenvalue weighted by molar-refractivity contribution is 7.91. The molecule has 0 aliphatic heterocycles. The number of benzene rings is 1. The molecule has 0 heterocycles. The second-order valence-corrected chi connectivity index (χ2v) is 15.1. The molecule has 0 amide bonds. The largest absolute Gasteiger partial charge is 0.393 e. The maximum Gasteiger partial charge on any atom is 0.178 e. The van der Waals surface area contributed by atoms with Crippen LogP contribution in [0.2, 0.25) is 0 Å². The van der Waals surface area contributed by atoms with Crippen molar-refractivity contribution in [2.75, 3.05) is 5.75 Å². The fraction of sp³-hybridized carbons (Fsp3) is 0.647. The minimum absolute atomic E-state index is 0.137. The fourth-order valence-electron chi connectivity index (χ4n) is 7.97. The van der Waals surface area contributed by atoms with Gasteiger partial charge in [-0.25, -0.2) is 8.42 Å². The predicted molar refractivity (Wildman–Crippen MR) is 161 cm³/mol. The first kappa shape index (κ1) is 31.2. The number of aliphatic hydroxyl groups excluding tert-OH is 2. The Hall–Kier alpha value is -1.73. The van der Waals surface area contributed by atoms with Crippen LogP contribution in [0.1, 0.15) is 97.5 Å². The van der Waals surface area contributed by atoms with E-state index in [4.69, 9.17) is 0 Å². The molecule has 3 fully saturated rings. The van der Waals surface area contributed by atoms with Gasteiger partial charge in [0.2, 0.25) is 0 Å². The molecule has 3 aliphatic rings. The lowest BCUT2D eigenvalue weighted by Crippen LogP contribution is -2.36.